The van der Waals surface area contributed by atoms with E-state index in [4.69, 9.17) is 28.4 Å². The molecule has 1 heterocycles. The molecule has 202 valence electrons. The maximum atomic E-state index is 13.9. The molecule has 1 aliphatic carbocycles. The van der Waals surface area contributed by atoms with Crippen LogP contribution in [0.3, 0.4) is 0 Å². The van der Waals surface area contributed by atoms with E-state index < -0.39 is 11.9 Å². The van der Waals surface area contributed by atoms with E-state index >= 15 is 0 Å². The van der Waals surface area contributed by atoms with Gasteiger partial charge in [-0.05, 0) is 54.7 Å². The number of ether oxygens (including phenoxy) is 6. The lowest BCUT2D eigenvalue weighted by atomic mass is 9.71. The summed E-state index contributed by atoms with van der Waals surface area (Å²) in [4.78, 5) is 26.9. The number of esters is 1. The van der Waals surface area contributed by atoms with Crippen LogP contribution in [0.15, 0.2) is 52.9 Å². The molecule has 0 unspecified atom stereocenters. The van der Waals surface area contributed by atoms with Crippen LogP contribution in [-0.4, -0.2) is 54.4 Å². The second kappa shape index (κ2) is 11.1. The van der Waals surface area contributed by atoms with Crippen molar-refractivity contribution in [3.63, 3.8) is 0 Å². The van der Waals surface area contributed by atoms with E-state index in [1.165, 1.54) is 28.4 Å². The van der Waals surface area contributed by atoms with Gasteiger partial charge in [0.25, 0.3) is 0 Å². The normalized spacial score (nSPS) is 18.9. The lowest BCUT2D eigenvalue weighted by Gasteiger charge is -2.37. The largest absolute Gasteiger partial charge is 0.493 e. The summed E-state index contributed by atoms with van der Waals surface area (Å²) in [5.74, 6) is 1.16. The fourth-order valence-electron chi connectivity index (χ4n) is 5.36. The van der Waals surface area contributed by atoms with E-state index in [1.54, 1.807) is 26.4 Å². The number of dihydropyridines is 1. The molecule has 0 saturated heterocycles. The fourth-order valence-corrected chi connectivity index (χ4v) is 5.36. The highest BCUT2D eigenvalue weighted by molar-refractivity contribution is 6.04. The Bertz CT molecular complexity index is 1300. The molecule has 1 N–H and O–H groups in total. The lowest BCUT2D eigenvalue weighted by molar-refractivity contribution is -0.136. The zero-order valence-corrected chi connectivity index (χ0v) is 22.7. The number of Topliss-reactive ketones (excluding diaryl/α,β-unsaturated/α-hetero) is 1. The molecule has 0 saturated carbocycles. The lowest BCUT2D eigenvalue weighted by Crippen LogP contribution is -2.36. The predicted molar refractivity (Wildman–Crippen MR) is 140 cm³/mol. The van der Waals surface area contributed by atoms with Gasteiger partial charge < -0.3 is 33.7 Å². The summed E-state index contributed by atoms with van der Waals surface area (Å²) in [5, 5.41) is 3.34. The first-order chi connectivity index (χ1) is 18.3. The smallest absolute Gasteiger partial charge is 0.336 e. The topological polar surface area (TPSA) is 102 Å². The number of benzene rings is 2. The van der Waals surface area contributed by atoms with Crippen molar-refractivity contribution in [1.29, 1.82) is 0 Å². The highest BCUT2D eigenvalue weighted by Crippen LogP contribution is 2.49. The van der Waals surface area contributed by atoms with Crippen LogP contribution < -0.4 is 29.0 Å². The molecule has 1 aliphatic heterocycles. The Balaban J connectivity index is 1.85. The molecular weight excluding hydrogens is 490 g/mol. The van der Waals surface area contributed by atoms with Gasteiger partial charge in [0.15, 0.2) is 28.8 Å². The third kappa shape index (κ3) is 4.64. The second-order valence-corrected chi connectivity index (χ2v) is 9.08. The van der Waals surface area contributed by atoms with Crippen LogP contribution in [0, 0.1) is 0 Å². The SMILES string of the molecule is COC(=O)C1=C(C)NC2=C(C(=O)C[C@H](c3ccc(OC)c(OC)c3)C2)[C@@H]1c1cc(OC)c(OC)c(OC)c1. The maximum Gasteiger partial charge on any atom is 0.336 e. The highest BCUT2D eigenvalue weighted by atomic mass is 16.5. The standard InChI is InChI=1S/C29H33NO8/c1-15-25(29(32)38-7)26(18-13-23(35-4)28(37-6)24(14-18)36-5)27-19(30-15)10-17(11-20(27)31)16-8-9-21(33-2)22(12-16)34-3/h8-9,12-14,17,26,30H,10-11H2,1-7H3/t17-,26-/m1/s1. The van der Waals surface area contributed by atoms with E-state index in [2.05, 4.69) is 5.32 Å². The van der Waals surface area contributed by atoms with Crippen LogP contribution in [0.25, 0.3) is 0 Å². The highest BCUT2D eigenvalue weighted by Gasteiger charge is 2.42. The van der Waals surface area contributed by atoms with Crippen LogP contribution in [0.1, 0.15) is 42.7 Å². The number of hydrogen-bond donors (Lipinski definition) is 1. The molecule has 2 aliphatic rings. The first-order valence-electron chi connectivity index (χ1n) is 12.2. The average Bonchev–Trinajstić information content (AvgIpc) is 2.94. The molecular formula is C29H33NO8. The summed E-state index contributed by atoms with van der Waals surface area (Å²) in [6.07, 6.45) is 0.841. The summed E-state index contributed by atoms with van der Waals surface area (Å²) in [5.41, 5.74) is 3.90. The zero-order chi connectivity index (χ0) is 27.6. The van der Waals surface area contributed by atoms with Gasteiger partial charge in [0, 0.05) is 29.3 Å². The van der Waals surface area contributed by atoms with Crippen molar-refractivity contribution >= 4 is 11.8 Å². The third-order valence-electron chi connectivity index (χ3n) is 7.13. The van der Waals surface area contributed by atoms with Crippen LogP contribution in [0.2, 0.25) is 0 Å². The molecule has 0 aromatic heterocycles. The number of nitrogens with one attached hydrogen (secondary N) is 1. The Hall–Kier alpha value is -4.14. The van der Waals surface area contributed by atoms with Gasteiger partial charge in [-0.25, -0.2) is 4.79 Å². The average molecular weight is 524 g/mol. The quantitative estimate of drug-likeness (QED) is 0.509. The Morgan fingerprint density at radius 3 is 1.95 bits per heavy atom. The van der Waals surface area contributed by atoms with Crippen LogP contribution in [0.5, 0.6) is 28.7 Å². The predicted octanol–water partition coefficient (Wildman–Crippen LogP) is 4.26. The number of carbonyl (C=O) groups excluding carboxylic acids is 2. The van der Waals surface area contributed by atoms with Crippen molar-refractivity contribution in [2.45, 2.75) is 31.6 Å². The number of methoxy groups -OCH3 is 6. The summed E-state index contributed by atoms with van der Waals surface area (Å²) in [6.45, 7) is 1.81. The van der Waals surface area contributed by atoms with Gasteiger partial charge in [0.05, 0.1) is 48.2 Å². The van der Waals surface area contributed by atoms with Gasteiger partial charge in [0.1, 0.15) is 0 Å². The third-order valence-corrected chi connectivity index (χ3v) is 7.13. The molecule has 9 heteroatoms. The molecule has 0 amide bonds. The summed E-state index contributed by atoms with van der Waals surface area (Å²) < 4.78 is 32.6. The van der Waals surface area contributed by atoms with Crippen molar-refractivity contribution < 1.29 is 38.0 Å². The molecule has 2 atom stereocenters. The van der Waals surface area contributed by atoms with Crippen LogP contribution in [0.4, 0.5) is 0 Å². The van der Waals surface area contributed by atoms with Crippen molar-refractivity contribution in [1.82, 2.24) is 5.32 Å². The molecule has 9 nitrogen and oxygen atoms in total. The second-order valence-electron chi connectivity index (χ2n) is 9.08. The van der Waals surface area contributed by atoms with Crippen molar-refractivity contribution in [2.75, 3.05) is 42.7 Å². The van der Waals surface area contributed by atoms with Gasteiger partial charge >= 0.3 is 5.97 Å². The van der Waals surface area contributed by atoms with Gasteiger partial charge in [-0.2, -0.15) is 0 Å². The number of ketones is 1. The van der Waals surface area contributed by atoms with E-state index in [0.29, 0.717) is 57.6 Å². The molecule has 2 aromatic carbocycles. The Labute approximate surface area is 222 Å². The molecule has 0 spiro atoms. The molecule has 38 heavy (non-hydrogen) atoms. The number of rotatable bonds is 8. The minimum atomic E-state index is -0.675. The molecule has 2 aromatic rings. The van der Waals surface area contributed by atoms with Gasteiger partial charge in [0.2, 0.25) is 5.75 Å². The number of carbonyl (C=O) groups is 2. The first-order valence-corrected chi connectivity index (χ1v) is 12.2. The number of hydrogen-bond acceptors (Lipinski definition) is 9. The minimum absolute atomic E-state index is 0.0637. The van der Waals surface area contributed by atoms with E-state index in [-0.39, 0.29) is 18.1 Å². The van der Waals surface area contributed by atoms with Gasteiger partial charge in [-0.1, -0.05) is 6.07 Å². The molecule has 0 fully saturated rings. The number of allylic oxidation sites excluding steroid dienone is 3. The van der Waals surface area contributed by atoms with Crippen LogP contribution >= 0.6 is 0 Å². The zero-order valence-electron chi connectivity index (χ0n) is 22.7. The fraction of sp³-hybridized carbons (Fsp3) is 0.379. The van der Waals surface area contributed by atoms with Crippen molar-refractivity contribution in [3.8, 4) is 28.7 Å². The molecule has 0 bridgehead atoms. The van der Waals surface area contributed by atoms with E-state index in [9.17, 15) is 9.59 Å². The molecule has 0 radical (unpaired) electrons. The maximum absolute atomic E-state index is 13.9. The van der Waals surface area contributed by atoms with Crippen molar-refractivity contribution in [2.24, 2.45) is 0 Å². The summed E-state index contributed by atoms with van der Waals surface area (Å²) >= 11 is 0. The van der Waals surface area contributed by atoms with E-state index in [1.807, 2.05) is 25.1 Å². The first kappa shape index (κ1) is 26.9. The summed E-state index contributed by atoms with van der Waals surface area (Å²) in [7, 11) is 9.07. The van der Waals surface area contributed by atoms with E-state index in [0.717, 1.165) is 11.3 Å². The van der Waals surface area contributed by atoms with Gasteiger partial charge in [-0.3, -0.25) is 4.79 Å². The summed E-state index contributed by atoms with van der Waals surface area (Å²) in [6, 6.07) is 9.24. The Kier molecular flexibility index (Phi) is 7.85. The van der Waals surface area contributed by atoms with Crippen LogP contribution in [-0.2, 0) is 14.3 Å². The Morgan fingerprint density at radius 2 is 1.39 bits per heavy atom. The monoisotopic (exact) mass is 523 g/mol. The Morgan fingerprint density at radius 1 is 0.789 bits per heavy atom. The minimum Gasteiger partial charge on any atom is -0.493 e. The van der Waals surface area contributed by atoms with Gasteiger partial charge in [-0.15, -0.1) is 0 Å². The molecule has 4 rings (SSSR count). The van der Waals surface area contributed by atoms with Crippen molar-refractivity contribution in [3.05, 3.63) is 64.0 Å².